The van der Waals surface area contributed by atoms with Gasteiger partial charge in [-0.3, -0.25) is 9.78 Å². The standard InChI is InChI=1S/C21H18FIN5OP/c1-11-17(22)6-18-15(9-26-28(18)30-23)19(11)27-10-16(21(24)29)14-8-25-7-13(20(14)27)5-12-3-2-4-12/h5-10,30H,2-4H2,1H3,(H2,24,29). The van der Waals surface area contributed by atoms with Crippen molar-refractivity contribution in [2.45, 2.75) is 26.2 Å². The first kappa shape index (κ1) is 19.6. The number of hydrogen-bond acceptors (Lipinski definition) is 3. The summed E-state index contributed by atoms with van der Waals surface area (Å²) in [5.41, 5.74) is 11.0. The molecule has 4 aromatic rings. The number of halogens is 2. The second-order valence-corrected chi connectivity index (χ2v) is 9.50. The third-order valence-corrected chi connectivity index (χ3v) is 7.60. The van der Waals surface area contributed by atoms with Crippen molar-refractivity contribution in [2.75, 3.05) is 0 Å². The zero-order valence-corrected chi connectivity index (χ0v) is 19.3. The van der Waals surface area contributed by atoms with Crippen LogP contribution in [0, 0.1) is 12.7 Å². The van der Waals surface area contributed by atoms with Crippen LogP contribution in [0.5, 0.6) is 0 Å². The number of aromatic nitrogens is 4. The summed E-state index contributed by atoms with van der Waals surface area (Å²) in [6, 6.07) is 1.52. The smallest absolute Gasteiger partial charge is 0.250 e. The van der Waals surface area contributed by atoms with Gasteiger partial charge in [-0.05, 0) is 48.2 Å². The summed E-state index contributed by atoms with van der Waals surface area (Å²) >= 11 is 2.22. The largest absolute Gasteiger partial charge is 0.366 e. The summed E-state index contributed by atoms with van der Waals surface area (Å²) in [6.07, 6.45) is 12.7. The number of rotatable bonds is 4. The SMILES string of the molecule is Cc1c(F)cc2c(cnn2PI)c1-n1cc(C(N)=O)c2cncc(C=C3CCC3)c21. The molecule has 1 aliphatic rings. The van der Waals surface area contributed by atoms with Crippen LogP contribution in [0.4, 0.5) is 4.39 Å². The second-order valence-electron chi connectivity index (χ2n) is 7.46. The highest BCUT2D eigenvalue weighted by molar-refractivity contribution is 14.2. The molecule has 0 spiro atoms. The van der Waals surface area contributed by atoms with Crippen molar-refractivity contribution in [1.29, 1.82) is 0 Å². The minimum absolute atomic E-state index is 0.315. The number of fused-ring (bicyclic) bond motifs is 2. The van der Waals surface area contributed by atoms with Gasteiger partial charge >= 0.3 is 0 Å². The highest BCUT2D eigenvalue weighted by Gasteiger charge is 2.22. The Kier molecular flexibility index (Phi) is 4.86. The molecule has 0 saturated heterocycles. The number of carbonyl (C=O) groups excluding carboxylic acids is 1. The molecule has 0 radical (unpaired) electrons. The molecule has 1 unspecified atom stereocenters. The average molecular weight is 533 g/mol. The van der Waals surface area contributed by atoms with Gasteiger partial charge in [0.15, 0.2) is 0 Å². The van der Waals surface area contributed by atoms with Crippen molar-refractivity contribution in [3.05, 3.63) is 58.9 Å². The van der Waals surface area contributed by atoms with Crippen LogP contribution < -0.4 is 5.73 Å². The first-order valence-corrected chi connectivity index (χ1v) is 13.6. The van der Waals surface area contributed by atoms with E-state index in [1.807, 2.05) is 4.57 Å². The van der Waals surface area contributed by atoms with E-state index in [9.17, 15) is 9.18 Å². The highest BCUT2D eigenvalue weighted by atomic mass is 127. The normalized spacial score (nSPS) is 14.2. The molecule has 5 rings (SSSR count). The number of pyridine rings is 1. The minimum atomic E-state index is -0.538. The Hall–Kier alpha value is -2.32. The lowest BCUT2D eigenvalue weighted by Gasteiger charge is -2.17. The molecule has 1 atom stereocenters. The molecule has 0 aliphatic heterocycles. The molecule has 152 valence electrons. The molecule has 3 aromatic heterocycles. The molecule has 0 bridgehead atoms. The number of amides is 1. The van der Waals surface area contributed by atoms with Gasteiger partial charge in [-0.1, -0.05) is 11.6 Å². The van der Waals surface area contributed by atoms with E-state index < -0.39 is 5.91 Å². The topological polar surface area (TPSA) is 78.7 Å². The molecular weight excluding hydrogens is 515 g/mol. The fourth-order valence-electron chi connectivity index (χ4n) is 4.02. The lowest BCUT2D eigenvalue weighted by molar-refractivity contribution is 0.100. The van der Waals surface area contributed by atoms with Gasteiger partial charge in [-0.2, -0.15) is 5.10 Å². The van der Waals surface area contributed by atoms with Crippen LogP contribution in [0.1, 0.15) is 40.7 Å². The van der Waals surface area contributed by atoms with Crippen LogP contribution in [-0.4, -0.2) is 25.0 Å². The Labute approximate surface area is 186 Å². The number of carbonyl (C=O) groups is 1. The number of nitrogens with zero attached hydrogens (tertiary/aromatic N) is 4. The summed E-state index contributed by atoms with van der Waals surface area (Å²) in [7, 11) is 0. The maximum Gasteiger partial charge on any atom is 0.250 e. The predicted octanol–water partition coefficient (Wildman–Crippen LogP) is 5.28. The fraction of sp³-hybridized carbons (Fsp3) is 0.190. The van der Waals surface area contributed by atoms with Crippen LogP contribution in [-0.2, 0) is 0 Å². The predicted molar refractivity (Wildman–Crippen MR) is 127 cm³/mol. The average Bonchev–Trinajstić information content (AvgIpc) is 3.27. The maximum absolute atomic E-state index is 15.0. The van der Waals surface area contributed by atoms with Crippen molar-refractivity contribution in [3.8, 4) is 5.69 Å². The van der Waals surface area contributed by atoms with E-state index in [0.29, 0.717) is 28.6 Å². The number of primary amides is 1. The molecule has 1 amide bonds. The van der Waals surface area contributed by atoms with Gasteiger partial charge in [0.1, 0.15) is 5.82 Å². The van der Waals surface area contributed by atoms with Crippen LogP contribution in [0.15, 0.2) is 36.4 Å². The van der Waals surface area contributed by atoms with Gasteiger partial charge in [0.05, 0.1) is 34.9 Å². The Morgan fingerprint density at radius 3 is 2.77 bits per heavy atom. The molecular formula is C21H18FIN5OP. The molecule has 9 heteroatoms. The number of hydrogen-bond donors (Lipinski definition) is 1. The number of allylic oxidation sites excluding steroid dienone is 1. The number of nitrogens with two attached hydrogens (primary N) is 1. The van der Waals surface area contributed by atoms with E-state index in [2.05, 4.69) is 38.2 Å². The lowest BCUT2D eigenvalue weighted by Crippen LogP contribution is -2.10. The molecule has 1 aliphatic carbocycles. The molecule has 1 aromatic carbocycles. The van der Waals surface area contributed by atoms with E-state index in [1.165, 1.54) is 18.1 Å². The maximum atomic E-state index is 15.0. The quantitative estimate of drug-likeness (QED) is 0.287. The second kappa shape index (κ2) is 7.42. The lowest BCUT2D eigenvalue weighted by atomic mass is 9.90. The van der Waals surface area contributed by atoms with Crippen LogP contribution in [0.2, 0.25) is 0 Å². The summed E-state index contributed by atoms with van der Waals surface area (Å²) in [5.74, 6) is -0.854. The Bertz CT molecular complexity index is 1370. The van der Waals surface area contributed by atoms with Crippen LogP contribution in [0.3, 0.4) is 0 Å². The molecule has 3 heterocycles. The van der Waals surface area contributed by atoms with Crippen molar-refractivity contribution in [1.82, 2.24) is 19.1 Å². The monoisotopic (exact) mass is 533 g/mol. The summed E-state index contributed by atoms with van der Waals surface area (Å²) in [4.78, 5) is 16.5. The van der Waals surface area contributed by atoms with E-state index in [0.717, 1.165) is 34.8 Å². The van der Waals surface area contributed by atoms with E-state index in [-0.39, 0.29) is 5.82 Å². The van der Waals surface area contributed by atoms with Crippen molar-refractivity contribution in [2.24, 2.45) is 5.73 Å². The molecule has 1 saturated carbocycles. The van der Waals surface area contributed by atoms with E-state index in [4.69, 9.17) is 5.73 Å². The van der Waals surface area contributed by atoms with Crippen molar-refractivity contribution >= 4 is 62.2 Å². The van der Waals surface area contributed by atoms with Gasteiger partial charge < -0.3 is 10.3 Å². The van der Waals surface area contributed by atoms with Gasteiger partial charge in [0.25, 0.3) is 5.91 Å². The Morgan fingerprint density at radius 1 is 1.30 bits per heavy atom. The first-order chi connectivity index (χ1) is 14.5. The van der Waals surface area contributed by atoms with Crippen LogP contribution in [0.25, 0.3) is 33.6 Å². The summed E-state index contributed by atoms with van der Waals surface area (Å²) < 4.78 is 18.6. The molecule has 6 nitrogen and oxygen atoms in total. The van der Waals surface area contributed by atoms with Crippen molar-refractivity contribution in [3.63, 3.8) is 0 Å². The molecule has 1 fully saturated rings. The molecule has 2 N–H and O–H groups in total. The van der Waals surface area contributed by atoms with E-state index in [1.54, 1.807) is 36.2 Å². The zero-order valence-electron chi connectivity index (χ0n) is 16.1. The Balaban J connectivity index is 1.91. The minimum Gasteiger partial charge on any atom is -0.366 e. The summed E-state index contributed by atoms with van der Waals surface area (Å²) in [5, 5.41) is 5.91. The fourth-order valence-corrected chi connectivity index (χ4v) is 5.55. The summed E-state index contributed by atoms with van der Waals surface area (Å²) in [6.45, 7) is 1.74. The van der Waals surface area contributed by atoms with Gasteiger partial charge in [0, 0.05) is 46.6 Å². The van der Waals surface area contributed by atoms with Crippen molar-refractivity contribution < 1.29 is 9.18 Å². The van der Waals surface area contributed by atoms with Gasteiger partial charge in [0.2, 0.25) is 0 Å². The number of benzene rings is 1. The first-order valence-electron chi connectivity index (χ1n) is 9.51. The zero-order chi connectivity index (χ0) is 21.0. The highest BCUT2D eigenvalue weighted by Crippen LogP contribution is 2.38. The third-order valence-electron chi connectivity index (χ3n) is 5.72. The van der Waals surface area contributed by atoms with Crippen LogP contribution >= 0.6 is 28.4 Å². The third kappa shape index (κ3) is 2.96. The Morgan fingerprint density at radius 2 is 2.10 bits per heavy atom. The van der Waals surface area contributed by atoms with Gasteiger partial charge in [-0.25, -0.2) is 8.84 Å². The van der Waals surface area contributed by atoms with Gasteiger partial charge in [-0.15, -0.1) is 0 Å². The van der Waals surface area contributed by atoms with E-state index >= 15 is 0 Å². The molecule has 30 heavy (non-hydrogen) atoms.